The van der Waals surface area contributed by atoms with E-state index in [1.807, 2.05) is 6.92 Å². The van der Waals surface area contributed by atoms with Crippen molar-refractivity contribution in [2.75, 3.05) is 11.9 Å². The topological polar surface area (TPSA) is 41.1 Å². The molecule has 3 nitrogen and oxygen atoms in total. The van der Waals surface area contributed by atoms with Gasteiger partial charge in [-0.25, -0.2) is 0 Å². The normalized spacial score (nSPS) is 22.9. The van der Waals surface area contributed by atoms with Gasteiger partial charge >= 0.3 is 6.18 Å². The average Bonchev–Trinajstić information content (AvgIpc) is 2.77. The number of carbonyl (C=O) groups is 1. The summed E-state index contributed by atoms with van der Waals surface area (Å²) in [5.74, 6) is -0.487. The number of alkyl halides is 3. The van der Waals surface area contributed by atoms with Crippen molar-refractivity contribution in [3.8, 4) is 0 Å². The summed E-state index contributed by atoms with van der Waals surface area (Å²) in [6.45, 7) is 2.63. The van der Waals surface area contributed by atoms with Gasteiger partial charge in [-0.2, -0.15) is 13.2 Å². The minimum atomic E-state index is -4.43. The maximum absolute atomic E-state index is 12.7. The fraction of sp³-hybridized carbons (Fsp3) is 0.462. The third-order valence-corrected chi connectivity index (χ3v) is 4.11. The number of halogens is 4. The molecule has 7 heteroatoms. The first-order chi connectivity index (χ1) is 9.29. The van der Waals surface area contributed by atoms with Gasteiger partial charge in [-0.05, 0) is 54.0 Å². The fourth-order valence-electron chi connectivity index (χ4n) is 2.24. The van der Waals surface area contributed by atoms with Crippen molar-refractivity contribution in [3.05, 3.63) is 28.2 Å². The Kier molecular flexibility index (Phi) is 4.39. The Morgan fingerprint density at radius 2 is 2.15 bits per heavy atom. The first kappa shape index (κ1) is 15.3. The average molecular weight is 351 g/mol. The van der Waals surface area contributed by atoms with Crippen LogP contribution in [0.25, 0.3) is 0 Å². The lowest BCUT2D eigenvalue weighted by Gasteiger charge is -2.17. The van der Waals surface area contributed by atoms with E-state index in [2.05, 4.69) is 26.6 Å². The van der Waals surface area contributed by atoms with Crippen LogP contribution in [0.4, 0.5) is 18.9 Å². The van der Waals surface area contributed by atoms with Gasteiger partial charge in [0.25, 0.3) is 0 Å². The molecule has 0 spiro atoms. The van der Waals surface area contributed by atoms with Crippen molar-refractivity contribution in [1.29, 1.82) is 0 Å². The molecule has 1 heterocycles. The molecule has 2 unspecified atom stereocenters. The Morgan fingerprint density at radius 3 is 2.70 bits per heavy atom. The zero-order valence-corrected chi connectivity index (χ0v) is 12.3. The first-order valence-electron chi connectivity index (χ1n) is 6.20. The highest BCUT2D eigenvalue weighted by atomic mass is 79.9. The maximum Gasteiger partial charge on any atom is 0.416 e. The van der Waals surface area contributed by atoms with E-state index < -0.39 is 11.7 Å². The van der Waals surface area contributed by atoms with Crippen LogP contribution in [0.2, 0.25) is 0 Å². The molecule has 0 radical (unpaired) electrons. The third-order valence-electron chi connectivity index (χ3n) is 3.41. The largest absolute Gasteiger partial charge is 0.416 e. The Morgan fingerprint density at radius 1 is 1.45 bits per heavy atom. The number of anilines is 1. The van der Waals surface area contributed by atoms with Gasteiger partial charge in [0, 0.05) is 10.5 Å². The highest BCUT2D eigenvalue weighted by Crippen LogP contribution is 2.34. The van der Waals surface area contributed by atoms with Crippen molar-refractivity contribution in [2.24, 2.45) is 5.92 Å². The van der Waals surface area contributed by atoms with E-state index in [4.69, 9.17) is 0 Å². The Hall–Kier alpha value is -1.08. The lowest BCUT2D eigenvalue weighted by molar-refractivity contribution is -0.137. The molecule has 2 N–H and O–H groups in total. The van der Waals surface area contributed by atoms with Crippen molar-refractivity contribution < 1.29 is 18.0 Å². The van der Waals surface area contributed by atoms with E-state index in [0.717, 1.165) is 18.7 Å². The van der Waals surface area contributed by atoms with Gasteiger partial charge in [0.15, 0.2) is 0 Å². The molecule has 0 saturated carbocycles. The predicted molar refractivity (Wildman–Crippen MR) is 73.3 cm³/mol. The second-order valence-electron chi connectivity index (χ2n) is 4.82. The molecule has 2 atom stereocenters. The van der Waals surface area contributed by atoms with Gasteiger partial charge in [-0.1, -0.05) is 0 Å². The molecule has 2 rings (SSSR count). The molecule has 0 aliphatic carbocycles. The van der Waals surface area contributed by atoms with Crippen molar-refractivity contribution in [3.63, 3.8) is 0 Å². The molecule has 1 saturated heterocycles. The van der Waals surface area contributed by atoms with Crippen molar-refractivity contribution in [1.82, 2.24) is 5.32 Å². The summed E-state index contributed by atoms with van der Waals surface area (Å²) < 4.78 is 38.4. The molecular weight excluding hydrogens is 337 g/mol. The molecular formula is C13H14BrF3N2O. The molecule has 1 aromatic rings. The zero-order chi connectivity index (χ0) is 14.9. The fourth-order valence-corrected chi connectivity index (χ4v) is 2.59. The number of nitrogens with one attached hydrogen (secondary N) is 2. The summed E-state index contributed by atoms with van der Waals surface area (Å²) in [5, 5.41) is 5.70. The molecule has 1 aromatic carbocycles. The highest BCUT2D eigenvalue weighted by Gasteiger charge is 2.32. The smallest absolute Gasteiger partial charge is 0.325 e. The monoisotopic (exact) mass is 350 g/mol. The van der Waals surface area contributed by atoms with Crippen molar-refractivity contribution in [2.45, 2.75) is 25.6 Å². The van der Waals surface area contributed by atoms with Crippen LogP contribution in [-0.2, 0) is 11.0 Å². The predicted octanol–water partition coefficient (Wildman–Crippen LogP) is 3.40. The maximum atomic E-state index is 12.7. The SMILES string of the molecule is CC1NCCC1C(=O)Nc1cc(C(F)(F)F)ccc1Br. The first-order valence-corrected chi connectivity index (χ1v) is 6.99. The number of hydrogen-bond donors (Lipinski definition) is 2. The molecule has 20 heavy (non-hydrogen) atoms. The number of hydrogen-bond acceptors (Lipinski definition) is 2. The quantitative estimate of drug-likeness (QED) is 0.858. The Balaban J connectivity index is 2.18. The van der Waals surface area contributed by atoms with Crippen LogP contribution in [0.5, 0.6) is 0 Å². The molecule has 1 aliphatic rings. The molecule has 0 aromatic heterocycles. The summed E-state index contributed by atoms with van der Waals surface area (Å²) in [6.07, 6.45) is -3.74. The van der Waals surface area contributed by atoms with Crippen LogP contribution in [0.1, 0.15) is 18.9 Å². The number of rotatable bonds is 2. The number of carbonyl (C=O) groups excluding carboxylic acids is 1. The van der Waals surface area contributed by atoms with Crippen LogP contribution >= 0.6 is 15.9 Å². The Bertz CT molecular complexity index is 519. The number of benzene rings is 1. The molecule has 110 valence electrons. The standard InChI is InChI=1S/C13H14BrF3N2O/c1-7-9(4-5-18-7)12(20)19-11-6-8(13(15,16)17)2-3-10(11)14/h2-3,6-7,9,18H,4-5H2,1H3,(H,19,20). The van der Waals surface area contributed by atoms with Crippen LogP contribution in [-0.4, -0.2) is 18.5 Å². The van der Waals surface area contributed by atoms with E-state index in [-0.39, 0.29) is 23.6 Å². The molecule has 1 fully saturated rings. The van der Waals surface area contributed by atoms with E-state index >= 15 is 0 Å². The van der Waals surface area contributed by atoms with Crippen LogP contribution in [0.3, 0.4) is 0 Å². The lowest BCUT2D eigenvalue weighted by Crippen LogP contribution is -2.32. The van der Waals surface area contributed by atoms with Gasteiger partial charge in [0.2, 0.25) is 5.91 Å². The van der Waals surface area contributed by atoms with Crippen LogP contribution in [0, 0.1) is 5.92 Å². The highest BCUT2D eigenvalue weighted by molar-refractivity contribution is 9.10. The summed E-state index contributed by atoms with van der Waals surface area (Å²) in [7, 11) is 0. The van der Waals surface area contributed by atoms with Gasteiger partial charge in [0.1, 0.15) is 0 Å². The lowest BCUT2D eigenvalue weighted by atomic mass is 10.0. The van der Waals surface area contributed by atoms with E-state index in [9.17, 15) is 18.0 Å². The van der Waals surface area contributed by atoms with Crippen molar-refractivity contribution >= 4 is 27.5 Å². The summed E-state index contributed by atoms with van der Waals surface area (Å²) >= 11 is 3.15. The molecule has 1 aliphatic heterocycles. The molecule has 1 amide bonds. The summed E-state index contributed by atoms with van der Waals surface area (Å²) in [5.41, 5.74) is -0.641. The second-order valence-corrected chi connectivity index (χ2v) is 5.67. The van der Waals surface area contributed by atoms with Gasteiger partial charge in [0.05, 0.1) is 17.2 Å². The van der Waals surface area contributed by atoms with Gasteiger partial charge < -0.3 is 10.6 Å². The number of amides is 1. The molecule has 0 bridgehead atoms. The minimum Gasteiger partial charge on any atom is -0.325 e. The second kappa shape index (κ2) is 5.73. The van der Waals surface area contributed by atoms with Gasteiger partial charge in [-0.15, -0.1) is 0 Å². The third kappa shape index (κ3) is 3.32. The summed E-state index contributed by atoms with van der Waals surface area (Å²) in [6, 6.07) is 3.23. The minimum absolute atomic E-state index is 0.0274. The summed E-state index contributed by atoms with van der Waals surface area (Å²) in [4.78, 5) is 12.1. The zero-order valence-electron chi connectivity index (χ0n) is 10.7. The van der Waals surface area contributed by atoms with E-state index in [1.165, 1.54) is 6.07 Å². The van der Waals surface area contributed by atoms with Crippen LogP contribution < -0.4 is 10.6 Å². The van der Waals surface area contributed by atoms with E-state index in [0.29, 0.717) is 10.9 Å². The van der Waals surface area contributed by atoms with Crippen LogP contribution in [0.15, 0.2) is 22.7 Å². The van der Waals surface area contributed by atoms with E-state index in [1.54, 1.807) is 0 Å². The Labute approximate surface area is 123 Å². The van der Waals surface area contributed by atoms with Gasteiger partial charge in [-0.3, -0.25) is 4.79 Å².